The zero-order valence-electron chi connectivity index (χ0n) is 16.8. The van der Waals surface area contributed by atoms with Gasteiger partial charge in [-0.25, -0.2) is 0 Å². The van der Waals surface area contributed by atoms with Crippen LogP contribution in [0.4, 0.5) is 0 Å². The van der Waals surface area contributed by atoms with Crippen LogP contribution in [0.15, 0.2) is 35.3 Å². The van der Waals surface area contributed by atoms with Crippen molar-refractivity contribution in [3.05, 3.63) is 35.9 Å². The molecule has 5 nitrogen and oxygen atoms in total. The molecule has 0 aliphatic carbocycles. The van der Waals surface area contributed by atoms with Gasteiger partial charge in [0.15, 0.2) is 5.96 Å². The second-order valence-electron chi connectivity index (χ2n) is 7.59. The van der Waals surface area contributed by atoms with Gasteiger partial charge in [-0.3, -0.25) is 9.89 Å². The molecule has 152 valence electrons. The highest BCUT2D eigenvalue weighted by molar-refractivity contribution is 14.0. The highest BCUT2D eigenvalue weighted by Gasteiger charge is 2.27. The van der Waals surface area contributed by atoms with Crippen molar-refractivity contribution in [1.29, 1.82) is 0 Å². The Balaban J connectivity index is 0.00000261. The quantitative estimate of drug-likeness (QED) is 0.381. The van der Waals surface area contributed by atoms with Crippen LogP contribution in [-0.4, -0.2) is 68.7 Å². The Kier molecular flexibility index (Phi) is 9.86. The highest BCUT2D eigenvalue weighted by atomic mass is 127. The van der Waals surface area contributed by atoms with Gasteiger partial charge in [-0.15, -0.1) is 24.0 Å². The van der Waals surface area contributed by atoms with Crippen LogP contribution in [0.5, 0.6) is 0 Å². The predicted molar refractivity (Wildman–Crippen MR) is 123 cm³/mol. The SMILES string of the molecule is CN=C(NCC1CCCCN1Cc1ccccc1)N1CCC(COC)C1.I. The third-order valence-corrected chi connectivity index (χ3v) is 5.67. The summed E-state index contributed by atoms with van der Waals surface area (Å²) in [5.74, 6) is 1.68. The van der Waals surface area contributed by atoms with Gasteiger partial charge in [-0.2, -0.15) is 0 Å². The molecule has 1 aromatic carbocycles. The van der Waals surface area contributed by atoms with Crippen molar-refractivity contribution in [2.24, 2.45) is 10.9 Å². The normalized spacial score (nSPS) is 23.9. The molecule has 27 heavy (non-hydrogen) atoms. The number of benzene rings is 1. The number of aliphatic imine (C=N–C) groups is 1. The third-order valence-electron chi connectivity index (χ3n) is 5.67. The summed E-state index contributed by atoms with van der Waals surface area (Å²) in [5.41, 5.74) is 1.41. The van der Waals surface area contributed by atoms with E-state index in [1.807, 2.05) is 7.05 Å². The predicted octanol–water partition coefficient (Wildman–Crippen LogP) is 3.20. The zero-order valence-corrected chi connectivity index (χ0v) is 19.1. The third kappa shape index (κ3) is 6.61. The maximum Gasteiger partial charge on any atom is 0.193 e. The number of nitrogens with zero attached hydrogens (tertiary/aromatic N) is 3. The van der Waals surface area contributed by atoms with Gasteiger partial charge in [0.05, 0.1) is 6.61 Å². The molecule has 2 atom stereocenters. The van der Waals surface area contributed by atoms with Crippen LogP contribution in [-0.2, 0) is 11.3 Å². The van der Waals surface area contributed by atoms with Crippen molar-refractivity contribution < 1.29 is 4.74 Å². The molecule has 2 aliphatic heterocycles. The number of guanidine groups is 1. The zero-order chi connectivity index (χ0) is 18.2. The summed E-state index contributed by atoms with van der Waals surface area (Å²) in [6, 6.07) is 11.4. The average Bonchev–Trinajstić information content (AvgIpc) is 3.13. The van der Waals surface area contributed by atoms with Gasteiger partial charge in [0.25, 0.3) is 0 Å². The Morgan fingerprint density at radius 3 is 2.74 bits per heavy atom. The maximum atomic E-state index is 5.32. The lowest BCUT2D eigenvalue weighted by Crippen LogP contribution is -2.49. The number of ether oxygens (including phenoxy) is 1. The molecule has 2 fully saturated rings. The van der Waals surface area contributed by atoms with Crippen LogP contribution in [0.3, 0.4) is 0 Å². The van der Waals surface area contributed by atoms with E-state index in [9.17, 15) is 0 Å². The first-order valence-corrected chi connectivity index (χ1v) is 10.0. The molecule has 2 aliphatic rings. The van der Waals surface area contributed by atoms with E-state index in [1.54, 1.807) is 7.11 Å². The number of hydrogen-bond acceptors (Lipinski definition) is 3. The molecule has 2 heterocycles. The first-order chi connectivity index (χ1) is 12.8. The van der Waals surface area contributed by atoms with Gasteiger partial charge in [-0.05, 0) is 31.4 Å². The summed E-state index contributed by atoms with van der Waals surface area (Å²) < 4.78 is 5.32. The molecule has 0 bridgehead atoms. The summed E-state index contributed by atoms with van der Waals surface area (Å²) in [6.45, 7) is 6.19. The molecule has 1 N–H and O–H groups in total. The molecule has 2 saturated heterocycles. The average molecular weight is 486 g/mol. The first-order valence-electron chi connectivity index (χ1n) is 10.0. The minimum absolute atomic E-state index is 0. The number of nitrogens with one attached hydrogen (secondary N) is 1. The Bertz CT molecular complexity index is 569. The lowest BCUT2D eigenvalue weighted by Gasteiger charge is -2.36. The van der Waals surface area contributed by atoms with E-state index in [-0.39, 0.29) is 24.0 Å². The fraction of sp³-hybridized carbons (Fsp3) is 0.667. The number of rotatable bonds is 6. The van der Waals surface area contributed by atoms with Crippen molar-refractivity contribution in [1.82, 2.24) is 15.1 Å². The lowest BCUT2D eigenvalue weighted by molar-refractivity contribution is 0.140. The highest BCUT2D eigenvalue weighted by Crippen LogP contribution is 2.20. The molecule has 0 amide bonds. The van der Waals surface area contributed by atoms with Crippen molar-refractivity contribution >= 4 is 29.9 Å². The van der Waals surface area contributed by atoms with Gasteiger partial charge in [-0.1, -0.05) is 36.8 Å². The van der Waals surface area contributed by atoms with Gasteiger partial charge >= 0.3 is 0 Å². The summed E-state index contributed by atoms with van der Waals surface area (Å²) in [4.78, 5) is 9.55. The smallest absolute Gasteiger partial charge is 0.193 e. The lowest BCUT2D eigenvalue weighted by atomic mass is 10.0. The van der Waals surface area contributed by atoms with Crippen molar-refractivity contribution in [2.45, 2.75) is 38.3 Å². The van der Waals surface area contributed by atoms with E-state index in [0.717, 1.165) is 38.7 Å². The topological polar surface area (TPSA) is 40.1 Å². The maximum absolute atomic E-state index is 5.32. The van der Waals surface area contributed by atoms with Crippen LogP contribution in [0, 0.1) is 5.92 Å². The second kappa shape index (κ2) is 11.9. The summed E-state index contributed by atoms with van der Waals surface area (Å²) in [6.07, 6.45) is 5.10. The van der Waals surface area contributed by atoms with Gasteiger partial charge in [0, 0.05) is 52.3 Å². The molecule has 0 aromatic heterocycles. The van der Waals surface area contributed by atoms with Crippen molar-refractivity contribution in [2.75, 3.05) is 46.9 Å². The minimum Gasteiger partial charge on any atom is -0.384 e. The van der Waals surface area contributed by atoms with E-state index < -0.39 is 0 Å². The Morgan fingerprint density at radius 1 is 1.19 bits per heavy atom. The van der Waals surface area contributed by atoms with Gasteiger partial charge in [0.1, 0.15) is 0 Å². The molecular weight excluding hydrogens is 451 g/mol. The summed E-state index contributed by atoms with van der Waals surface area (Å²) >= 11 is 0. The van der Waals surface area contributed by atoms with E-state index in [4.69, 9.17) is 4.74 Å². The molecule has 6 heteroatoms. The van der Waals surface area contributed by atoms with E-state index in [1.165, 1.54) is 37.8 Å². The molecule has 2 unspecified atom stereocenters. The first kappa shape index (κ1) is 22.4. The Morgan fingerprint density at radius 2 is 2.00 bits per heavy atom. The number of hydrogen-bond donors (Lipinski definition) is 1. The van der Waals surface area contributed by atoms with Crippen molar-refractivity contribution in [3.63, 3.8) is 0 Å². The summed E-state index contributed by atoms with van der Waals surface area (Å²) in [5, 5.41) is 3.65. The second-order valence-corrected chi connectivity index (χ2v) is 7.59. The van der Waals surface area contributed by atoms with Crippen LogP contribution in [0.1, 0.15) is 31.2 Å². The Hall–Kier alpha value is -0.860. The fourth-order valence-corrected chi connectivity index (χ4v) is 4.26. The van der Waals surface area contributed by atoms with Crippen LogP contribution >= 0.6 is 24.0 Å². The van der Waals surface area contributed by atoms with Gasteiger partial charge in [0.2, 0.25) is 0 Å². The van der Waals surface area contributed by atoms with E-state index >= 15 is 0 Å². The fourth-order valence-electron chi connectivity index (χ4n) is 4.26. The van der Waals surface area contributed by atoms with Gasteiger partial charge < -0.3 is 15.0 Å². The molecule has 0 spiro atoms. The number of likely N-dealkylation sites (tertiary alicyclic amines) is 2. The van der Waals surface area contributed by atoms with E-state index in [0.29, 0.717) is 12.0 Å². The number of piperidine rings is 1. The van der Waals surface area contributed by atoms with Crippen LogP contribution in [0.2, 0.25) is 0 Å². The largest absolute Gasteiger partial charge is 0.384 e. The molecule has 0 radical (unpaired) electrons. The molecule has 1 aromatic rings. The molecule has 0 saturated carbocycles. The van der Waals surface area contributed by atoms with E-state index in [2.05, 4.69) is 50.4 Å². The van der Waals surface area contributed by atoms with Crippen molar-refractivity contribution in [3.8, 4) is 0 Å². The molecule has 3 rings (SSSR count). The summed E-state index contributed by atoms with van der Waals surface area (Å²) in [7, 11) is 3.69. The van der Waals surface area contributed by atoms with Crippen LogP contribution < -0.4 is 5.32 Å². The number of halogens is 1. The Labute approximate surface area is 181 Å². The number of methoxy groups -OCH3 is 1. The standard InChI is InChI=1S/C21H34N4O.HI/c1-22-21(25-13-11-19(16-25)17-26-2)23-14-20-10-6-7-12-24(20)15-18-8-4-3-5-9-18;/h3-5,8-9,19-20H,6-7,10-17H2,1-2H3,(H,22,23);1H. The minimum atomic E-state index is 0. The van der Waals surface area contributed by atoms with Crippen LogP contribution in [0.25, 0.3) is 0 Å². The molecular formula is C21H35IN4O. The monoisotopic (exact) mass is 486 g/mol.